The van der Waals surface area contributed by atoms with Crippen LogP contribution in [0.1, 0.15) is 23.1 Å². The van der Waals surface area contributed by atoms with Gasteiger partial charge in [0.2, 0.25) is 0 Å². The number of hydrogen-bond donors (Lipinski definition) is 2. The minimum atomic E-state index is -0.275. The first-order valence-corrected chi connectivity index (χ1v) is 5.22. The zero-order valence-corrected chi connectivity index (χ0v) is 9.39. The van der Waals surface area contributed by atoms with E-state index in [2.05, 4.69) is 15.4 Å². The number of hydrazine groups is 1. The predicted octanol–water partition coefficient (Wildman–Crippen LogP) is 1.48. The van der Waals surface area contributed by atoms with Crippen LogP contribution in [0, 0.1) is 12.7 Å². The number of rotatable bonds is 3. The van der Waals surface area contributed by atoms with Gasteiger partial charge in [-0.05, 0) is 30.7 Å². The van der Waals surface area contributed by atoms with Gasteiger partial charge < -0.3 is 0 Å². The summed E-state index contributed by atoms with van der Waals surface area (Å²) in [5.74, 6) is 5.92. The van der Waals surface area contributed by atoms with E-state index in [1.807, 2.05) is 6.92 Å². The van der Waals surface area contributed by atoms with Crippen molar-refractivity contribution in [1.82, 2.24) is 15.4 Å². The number of nitrogens with one attached hydrogen (secondary N) is 1. The van der Waals surface area contributed by atoms with Gasteiger partial charge in [-0.15, -0.1) is 0 Å². The van der Waals surface area contributed by atoms with Gasteiger partial charge in [0.1, 0.15) is 11.6 Å². The van der Waals surface area contributed by atoms with Crippen LogP contribution in [0.15, 0.2) is 36.5 Å². The van der Waals surface area contributed by atoms with E-state index in [0.29, 0.717) is 5.82 Å². The summed E-state index contributed by atoms with van der Waals surface area (Å²) < 4.78 is 12.8. The molecular weight excluding hydrogens is 219 g/mol. The molecule has 0 aliphatic heterocycles. The van der Waals surface area contributed by atoms with Gasteiger partial charge in [-0.3, -0.25) is 5.84 Å². The normalized spacial score (nSPS) is 12.4. The van der Waals surface area contributed by atoms with E-state index in [9.17, 15) is 4.39 Å². The number of nitrogens with zero attached hydrogens (tertiary/aromatic N) is 2. The van der Waals surface area contributed by atoms with Crippen LogP contribution in [0.25, 0.3) is 0 Å². The van der Waals surface area contributed by atoms with E-state index in [1.165, 1.54) is 12.1 Å². The second-order valence-electron chi connectivity index (χ2n) is 3.68. The standard InChI is InChI=1S/C12H13FN4/c1-8-15-7-6-11(16-8)12(17-14)9-2-4-10(13)5-3-9/h2-7,12,17H,14H2,1H3. The highest BCUT2D eigenvalue weighted by Gasteiger charge is 2.13. The van der Waals surface area contributed by atoms with Crippen molar-refractivity contribution in [3.63, 3.8) is 0 Å². The van der Waals surface area contributed by atoms with E-state index in [4.69, 9.17) is 5.84 Å². The molecule has 0 spiro atoms. The van der Waals surface area contributed by atoms with Crippen molar-refractivity contribution in [3.05, 3.63) is 59.4 Å². The molecule has 88 valence electrons. The van der Waals surface area contributed by atoms with E-state index in [0.717, 1.165) is 11.3 Å². The third-order valence-electron chi connectivity index (χ3n) is 2.46. The number of nitrogens with two attached hydrogens (primary N) is 1. The molecule has 0 aliphatic rings. The Morgan fingerprint density at radius 1 is 1.24 bits per heavy atom. The summed E-state index contributed by atoms with van der Waals surface area (Å²) in [6.07, 6.45) is 1.67. The predicted molar refractivity (Wildman–Crippen MR) is 62.3 cm³/mol. The summed E-state index contributed by atoms with van der Waals surface area (Å²) in [6, 6.07) is 7.66. The second kappa shape index (κ2) is 4.99. The lowest BCUT2D eigenvalue weighted by atomic mass is 10.0. The Morgan fingerprint density at radius 2 is 1.94 bits per heavy atom. The molecule has 1 atom stereocenters. The van der Waals surface area contributed by atoms with Crippen LogP contribution in [-0.4, -0.2) is 9.97 Å². The van der Waals surface area contributed by atoms with E-state index < -0.39 is 0 Å². The Morgan fingerprint density at radius 3 is 2.53 bits per heavy atom. The lowest BCUT2D eigenvalue weighted by molar-refractivity contribution is 0.605. The van der Waals surface area contributed by atoms with Crippen LogP contribution in [0.3, 0.4) is 0 Å². The van der Waals surface area contributed by atoms with E-state index in [1.54, 1.807) is 24.4 Å². The summed E-state index contributed by atoms with van der Waals surface area (Å²) in [5.41, 5.74) is 4.28. The van der Waals surface area contributed by atoms with Gasteiger partial charge >= 0.3 is 0 Å². The first kappa shape index (κ1) is 11.6. The summed E-state index contributed by atoms with van der Waals surface area (Å²) in [4.78, 5) is 8.32. The topological polar surface area (TPSA) is 63.8 Å². The molecule has 2 aromatic rings. The molecule has 1 aromatic heterocycles. The average molecular weight is 232 g/mol. The minimum Gasteiger partial charge on any atom is -0.271 e. The summed E-state index contributed by atoms with van der Waals surface area (Å²) in [7, 11) is 0. The molecule has 0 bridgehead atoms. The Balaban J connectivity index is 2.36. The van der Waals surface area contributed by atoms with Gasteiger partial charge in [0.25, 0.3) is 0 Å². The van der Waals surface area contributed by atoms with Gasteiger partial charge in [0.05, 0.1) is 11.7 Å². The van der Waals surface area contributed by atoms with Crippen molar-refractivity contribution in [1.29, 1.82) is 0 Å². The summed E-state index contributed by atoms with van der Waals surface area (Å²) in [6.45, 7) is 1.81. The van der Waals surface area contributed by atoms with Crippen molar-refractivity contribution in [2.24, 2.45) is 5.84 Å². The van der Waals surface area contributed by atoms with Crippen LogP contribution >= 0.6 is 0 Å². The third-order valence-corrected chi connectivity index (χ3v) is 2.46. The molecule has 0 aliphatic carbocycles. The molecule has 1 heterocycles. The molecule has 0 saturated carbocycles. The van der Waals surface area contributed by atoms with Gasteiger partial charge in [-0.1, -0.05) is 12.1 Å². The third kappa shape index (κ3) is 2.64. The van der Waals surface area contributed by atoms with Gasteiger partial charge in [-0.25, -0.2) is 19.8 Å². The molecule has 0 radical (unpaired) electrons. The van der Waals surface area contributed by atoms with Crippen molar-refractivity contribution in [2.45, 2.75) is 13.0 Å². The van der Waals surface area contributed by atoms with Crippen molar-refractivity contribution in [3.8, 4) is 0 Å². The number of hydrogen-bond acceptors (Lipinski definition) is 4. The highest BCUT2D eigenvalue weighted by molar-refractivity contribution is 5.27. The first-order chi connectivity index (χ1) is 8.20. The number of aromatic nitrogens is 2. The molecule has 2 rings (SSSR count). The SMILES string of the molecule is Cc1nccc(C(NN)c2ccc(F)cc2)n1. The minimum absolute atomic E-state index is 0.266. The largest absolute Gasteiger partial charge is 0.271 e. The highest BCUT2D eigenvalue weighted by atomic mass is 19.1. The van der Waals surface area contributed by atoms with Crippen LogP contribution < -0.4 is 11.3 Å². The van der Waals surface area contributed by atoms with Gasteiger partial charge in [0.15, 0.2) is 0 Å². The molecule has 0 fully saturated rings. The molecule has 4 nitrogen and oxygen atoms in total. The summed E-state index contributed by atoms with van der Waals surface area (Å²) in [5, 5.41) is 0. The maximum atomic E-state index is 12.8. The maximum absolute atomic E-state index is 12.8. The maximum Gasteiger partial charge on any atom is 0.125 e. The Labute approximate surface area is 98.7 Å². The molecule has 0 saturated heterocycles. The van der Waals surface area contributed by atoms with Crippen LogP contribution in [0.2, 0.25) is 0 Å². The van der Waals surface area contributed by atoms with Crippen molar-refractivity contribution < 1.29 is 4.39 Å². The van der Waals surface area contributed by atoms with Crippen molar-refractivity contribution >= 4 is 0 Å². The molecule has 17 heavy (non-hydrogen) atoms. The zero-order chi connectivity index (χ0) is 12.3. The highest BCUT2D eigenvalue weighted by Crippen LogP contribution is 2.19. The molecular formula is C12H13FN4. The Hall–Kier alpha value is -1.85. The van der Waals surface area contributed by atoms with E-state index in [-0.39, 0.29) is 11.9 Å². The van der Waals surface area contributed by atoms with Crippen LogP contribution in [0.4, 0.5) is 4.39 Å². The smallest absolute Gasteiger partial charge is 0.125 e. The quantitative estimate of drug-likeness (QED) is 0.621. The van der Waals surface area contributed by atoms with Crippen LogP contribution in [-0.2, 0) is 0 Å². The molecule has 1 unspecified atom stereocenters. The zero-order valence-electron chi connectivity index (χ0n) is 9.39. The number of halogens is 1. The van der Waals surface area contributed by atoms with E-state index >= 15 is 0 Å². The molecule has 1 aromatic carbocycles. The Kier molecular flexibility index (Phi) is 3.41. The van der Waals surface area contributed by atoms with Gasteiger partial charge in [0, 0.05) is 6.20 Å². The monoisotopic (exact) mass is 232 g/mol. The average Bonchev–Trinajstić information content (AvgIpc) is 2.33. The number of aryl methyl sites for hydroxylation is 1. The first-order valence-electron chi connectivity index (χ1n) is 5.22. The molecule has 3 N–H and O–H groups in total. The fraction of sp³-hybridized carbons (Fsp3) is 0.167. The summed E-state index contributed by atoms with van der Waals surface area (Å²) >= 11 is 0. The fourth-order valence-corrected chi connectivity index (χ4v) is 1.64. The van der Waals surface area contributed by atoms with Crippen molar-refractivity contribution in [2.75, 3.05) is 0 Å². The lowest BCUT2D eigenvalue weighted by Gasteiger charge is -2.15. The fourth-order valence-electron chi connectivity index (χ4n) is 1.64. The number of benzene rings is 1. The second-order valence-corrected chi connectivity index (χ2v) is 3.68. The van der Waals surface area contributed by atoms with Crippen LogP contribution in [0.5, 0.6) is 0 Å². The molecule has 5 heteroatoms. The lowest BCUT2D eigenvalue weighted by Crippen LogP contribution is -2.29. The van der Waals surface area contributed by atoms with Gasteiger partial charge in [-0.2, -0.15) is 0 Å². The molecule has 0 amide bonds. The Bertz CT molecular complexity index is 498.